The lowest BCUT2D eigenvalue weighted by atomic mass is 10.1. The normalized spacial score (nSPS) is 18.7. The number of nitrogens with one attached hydrogen (secondary N) is 1. The van der Waals surface area contributed by atoms with E-state index in [-0.39, 0.29) is 11.6 Å². The van der Waals surface area contributed by atoms with Gasteiger partial charge in [-0.15, -0.1) is 0 Å². The average Bonchev–Trinajstić information content (AvgIpc) is 2.82. The highest BCUT2D eigenvalue weighted by Gasteiger charge is 2.24. The predicted octanol–water partition coefficient (Wildman–Crippen LogP) is 2.13. The van der Waals surface area contributed by atoms with Crippen molar-refractivity contribution >= 4 is 12.0 Å². The van der Waals surface area contributed by atoms with Gasteiger partial charge in [0, 0.05) is 12.2 Å². The van der Waals surface area contributed by atoms with Gasteiger partial charge in [0.05, 0.1) is 12.6 Å². The van der Waals surface area contributed by atoms with Crippen molar-refractivity contribution in [2.45, 2.75) is 12.5 Å². The van der Waals surface area contributed by atoms with Crippen LogP contribution in [0.25, 0.3) is 6.08 Å². The number of ether oxygens (including phenoxy) is 1. The maximum Gasteiger partial charge on any atom is 0.257 e. The topological polar surface area (TPSA) is 38.3 Å². The summed E-state index contributed by atoms with van der Waals surface area (Å²) in [5.74, 6) is -2.53. The van der Waals surface area contributed by atoms with Gasteiger partial charge in [0.2, 0.25) is 0 Å². The first-order valence-electron chi connectivity index (χ1n) is 5.62. The minimum atomic E-state index is -0.888. The van der Waals surface area contributed by atoms with Crippen molar-refractivity contribution in [3.8, 4) is 0 Å². The van der Waals surface area contributed by atoms with Crippen LogP contribution in [0.1, 0.15) is 22.3 Å². The molecule has 0 spiro atoms. The van der Waals surface area contributed by atoms with E-state index < -0.39 is 23.1 Å². The van der Waals surface area contributed by atoms with Crippen LogP contribution in [0.15, 0.2) is 18.7 Å². The molecule has 1 amide bonds. The van der Waals surface area contributed by atoms with E-state index in [1.54, 1.807) is 0 Å². The van der Waals surface area contributed by atoms with Gasteiger partial charge in [-0.3, -0.25) is 4.79 Å². The molecule has 5 heteroatoms. The van der Waals surface area contributed by atoms with Gasteiger partial charge in [0.25, 0.3) is 5.91 Å². The van der Waals surface area contributed by atoms with Crippen molar-refractivity contribution in [3.63, 3.8) is 0 Å². The number of hydrogen-bond donors (Lipinski definition) is 1. The number of benzene rings is 1. The van der Waals surface area contributed by atoms with E-state index in [1.165, 1.54) is 12.1 Å². The highest BCUT2D eigenvalue weighted by Crippen LogP contribution is 2.18. The fourth-order valence-corrected chi connectivity index (χ4v) is 1.84. The molecule has 1 aromatic rings. The van der Waals surface area contributed by atoms with E-state index in [4.69, 9.17) is 4.74 Å². The lowest BCUT2D eigenvalue weighted by Crippen LogP contribution is -2.36. The third-order valence-electron chi connectivity index (χ3n) is 2.83. The van der Waals surface area contributed by atoms with Crippen LogP contribution in [0, 0.1) is 11.6 Å². The molecule has 1 unspecified atom stereocenters. The molecule has 0 bridgehead atoms. The maximum atomic E-state index is 13.9. The molecule has 1 aliphatic rings. The van der Waals surface area contributed by atoms with Crippen LogP contribution < -0.4 is 5.32 Å². The van der Waals surface area contributed by atoms with Gasteiger partial charge in [-0.05, 0) is 18.6 Å². The Bertz CT molecular complexity index is 482. The van der Waals surface area contributed by atoms with E-state index in [9.17, 15) is 13.6 Å². The Morgan fingerprint density at radius 3 is 2.89 bits per heavy atom. The van der Waals surface area contributed by atoms with Crippen LogP contribution >= 0.6 is 0 Å². The summed E-state index contributed by atoms with van der Waals surface area (Å²) < 4.78 is 32.5. The molecular formula is C13H13F2NO2. The van der Waals surface area contributed by atoms with Crippen molar-refractivity contribution in [1.82, 2.24) is 5.32 Å². The smallest absolute Gasteiger partial charge is 0.257 e. The SMILES string of the molecule is C=Cc1ccc(F)c(C(=O)NC2CCOC2)c1F. The highest BCUT2D eigenvalue weighted by atomic mass is 19.1. The van der Waals surface area contributed by atoms with Crippen LogP contribution in [-0.2, 0) is 4.74 Å². The van der Waals surface area contributed by atoms with Crippen molar-refractivity contribution in [2.75, 3.05) is 13.2 Å². The molecule has 0 radical (unpaired) electrons. The molecule has 1 aromatic carbocycles. The van der Waals surface area contributed by atoms with Gasteiger partial charge in [-0.25, -0.2) is 8.78 Å². The summed E-state index contributed by atoms with van der Waals surface area (Å²) in [5, 5.41) is 2.55. The van der Waals surface area contributed by atoms with Crippen LogP contribution in [0.2, 0.25) is 0 Å². The fourth-order valence-electron chi connectivity index (χ4n) is 1.84. The second kappa shape index (κ2) is 5.27. The maximum absolute atomic E-state index is 13.9. The summed E-state index contributed by atoms with van der Waals surface area (Å²) in [4.78, 5) is 11.8. The lowest BCUT2D eigenvalue weighted by Gasteiger charge is -2.12. The van der Waals surface area contributed by atoms with E-state index in [1.807, 2.05) is 0 Å². The second-order valence-corrected chi connectivity index (χ2v) is 4.06. The van der Waals surface area contributed by atoms with Crippen LogP contribution in [0.5, 0.6) is 0 Å². The molecular weight excluding hydrogens is 240 g/mol. The Kier molecular flexibility index (Phi) is 3.72. The van der Waals surface area contributed by atoms with Crippen LogP contribution in [-0.4, -0.2) is 25.2 Å². The third-order valence-corrected chi connectivity index (χ3v) is 2.83. The van der Waals surface area contributed by atoms with Crippen LogP contribution in [0.3, 0.4) is 0 Å². The fraction of sp³-hybridized carbons (Fsp3) is 0.308. The molecule has 18 heavy (non-hydrogen) atoms. The standard InChI is InChI=1S/C13H13F2NO2/c1-2-8-3-4-10(14)11(12(8)15)13(17)16-9-5-6-18-7-9/h2-4,9H,1,5-7H2,(H,16,17). The van der Waals surface area contributed by atoms with Crippen molar-refractivity contribution in [2.24, 2.45) is 0 Å². The number of carbonyl (C=O) groups is 1. The number of rotatable bonds is 3. The number of carbonyl (C=O) groups excluding carboxylic acids is 1. The first-order chi connectivity index (χ1) is 8.63. The summed E-state index contributed by atoms with van der Waals surface area (Å²) in [6.07, 6.45) is 1.89. The highest BCUT2D eigenvalue weighted by molar-refractivity contribution is 5.95. The van der Waals surface area contributed by atoms with Gasteiger partial charge in [-0.2, -0.15) is 0 Å². The zero-order chi connectivity index (χ0) is 13.1. The van der Waals surface area contributed by atoms with Crippen molar-refractivity contribution in [1.29, 1.82) is 0 Å². The molecule has 1 aliphatic heterocycles. The molecule has 0 aliphatic carbocycles. The average molecular weight is 253 g/mol. The Morgan fingerprint density at radius 1 is 1.50 bits per heavy atom. The Hall–Kier alpha value is -1.75. The molecule has 1 saturated heterocycles. The quantitative estimate of drug-likeness (QED) is 0.896. The van der Waals surface area contributed by atoms with E-state index >= 15 is 0 Å². The van der Waals surface area contributed by atoms with Gasteiger partial charge in [-0.1, -0.05) is 12.7 Å². The second-order valence-electron chi connectivity index (χ2n) is 4.06. The third kappa shape index (κ3) is 2.41. The summed E-state index contributed by atoms with van der Waals surface area (Å²) in [7, 11) is 0. The molecule has 1 heterocycles. The zero-order valence-electron chi connectivity index (χ0n) is 9.71. The molecule has 1 N–H and O–H groups in total. The largest absolute Gasteiger partial charge is 0.379 e. The van der Waals surface area contributed by atoms with Crippen molar-refractivity contribution in [3.05, 3.63) is 41.5 Å². The molecule has 1 fully saturated rings. The molecule has 1 atom stereocenters. The number of halogens is 2. The monoisotopic (exact) mass is 253 g/mol. The molecule has 0 saturated carbocycles. The predicted molar refractivity (Wildman–Crippen MR) is 63.1 cm³/mol. The minimum absolute atomic E-state index is 0.101. The summed E-state index contributed by atoms with van der Waals surface area (Å²) in [5.41, 5.74) is -0.469. The Morgan fingerprint density at radius 2 is 2.28 bits per heavy atom. The van der Waals surface area contributed by atoms with E-state index in [0.29, 0.717) is 19.6 Å². The van der Waals surface area contributed by atoms with E-state index in [2.05, 4.69) is 11.9 Å². The molecule has 0 aromatic heterocycles. The first kappa shape index (κ1) is 12.7. The number of hydrogen-bond acceptors (Lipinski definition) is 2. The van der Waals surface area contributed by atoms with Gasteiger partial charge >= 0.3 is 0 Å². The number of amides is 1. The molecule has 3 nitrogen and oxygen atoms in total. The summed E-state index contributed by atoms with van der Waals surface area (Å²) in [6.45, 7) is 4.33. The van der Waals surface area contributed by atoms with E-state index in [0.717, 1.165) is 6.07 Å². The lowest BCUT2D eigenvalue weighted by molar-refractivity contribution is 0.0921. The van der Waals surface area contributed by atoms with Crippen LogP contribution in [0.4, 0.5) is 8.78 Å². The summed E-state index contributed by atoms with van der Waals surface area (Å²) >= 11 is 0. The minimum Gasteiger partial charge on any atom is -0.379 e. The first-order valence-corrected chi connectivity index (χ1v) is 5.62. The Labute approximate surface area is 103 Å². The van der Waals surface area contributed by atoms with Crippen molar-refractivity contribution < 1.29 is 18.3 Å². The van der Waals surface area contributed by atoms with Gasteiger partial charge in [0.15, 0.2) is 0 Å². The summed E-state index contributed by atoms with van der Waals surface area (Å²) in [6, 6.07) is 2.11. The molecule has 96 valence electrons. The zero-order valence-corrected chi connectivity index (χ0v) is 9.71. The molecule has 2 rings (SSSR count). The Balaban J connectivity index is 2.25. The van der Waals surface area contributed by atoms with Gasteiger partial charge < -0.3 is 10.1 Å². The van der Waals surface area contributed by atoms with Gasteiger partial charge in [0.1, 0.15) is 17.2 Å².